The van der Waals surface area contributed by atoms with Gasteiger partial charge in [-0.2, -0.15) is 4.98 Å². The van der Waals surface area contributed by atoms with Crippen LogP contribution < -0.4 is 14.8 Å². The standard InChI is InChI=1S/C24H20FN3O4/c1-15-3-8-18(13-21(15)25)26-22(29)14-31-20-11-6-17(7-12-20)24-27-23(28-32-24)16-4-9-19(30-2)10-5-16/h3-13H,14H2,1-2H3,(H,26,29). The van der Waals surface area contributed by atoms with Gasteiger partial charge in [-0.25, -0.2) is 4.39 Å². The lowest BCUT2D eigenvalue weighted by molar-refractivity contribution is -0.118. The summed E-state index contributed by atoms with van der Waals surface area (Å²) in [6.45, 7) is 1.44. The minimum absolute atomic E-state index is 0.211. The lowest BCUT2D eigenvalue weighted by Crippen LogP contribution is -2.20. The van der Waals surface area contributed by atoms with Crippen molar-refractivity contribution >= 4 is 11.6 Å². The molecule has 0 saturated carbocycles. The number of hydrogen-bond donors (Lipinski definition) is 1. The molecular formula is C24H20FN3O4. The van der Waals surface area contributed by atoms with Crippen molar-refractivity contribution in [3.63, 3.8) is 0 Å². The molecule has 0 radical (unpaired) electrons. The van der Waals surface area contributed by atoms with E-state index >= 15 is 0 Å². The number of nitrogens with zero attached hydrogens (tertiary/aromatic N) is 2. The van der Waals surface area contributed by atoms with Gasteiger partial charge in [0.1, 0.15) is 17.3 Å². The summed E-state index contributed by atoms with van der Waals surface area (Å²) < 4.78 is 29.6. The molecule has 32 heavy (non-hydrogen) atoms. The number of carbonyl (C=O) groups is 1. The summed E-state index contributed by atoms with van der Waals surface area (Å²) in [6.07, 6.45) is 0. The summed E-state index contributed by atoms with van der Waals surface area (Å²) >= 11 is 0. The molecule has 162 valence electrons. The van der Waals surface area contributed by atoms with Crippen molar-refractivity contribution < 1.29 is 23.2 Å². The van der Waals surface area contributed by atoms with Crippen LogP contribution in [0.25, 0.3) is 22.8 Å². The number of methoxy groups -OCH3 is 1. The van der Waals surface area contributed by atoms with Crippen LogP contribution in [-0.2, 0) is 4.79 Å². The summed E-state index contributed by atoms with van der Waals surface area (Å²) in [5.41, 5.74) is 2.40. The lowest BCUT2D eigenvalue weighted by Gasteiger charge is -2.08. The second-order valence-electron chi connectivity index (χ2n) is 6.98. The molecule has 1 heterocycles. The Morgan fingerprint density at radius 2 is 1.69 bits per heavy atom. The SMILES string of the molecule is COc1ccc(-c2noc(-c3ccc(OCC(=O)Nc4ccc(C)c(F)c4)cc3)n2)cc1. The molecule has 1 amide bonds. The van der Waals surface area contributed by atoms with Crippen molar-refractivity contribution in [3.8, 4) is 34.3 Å². The molecule has 3 aromatic carbocycles. The quantitative estimate of drug-likeness (QED) is 0.447. The van der Waals surface area contributed by atoms with Crippen LogP contribution in [0.4, 0.5) is 10.1 Å². The summed E-state index contributed by atoms with van der Waals surface area (Å²) in [7, 11) is 1.60. The van der Waals surface area contributed by atoms with E-state index < -0.39 is 5.91 Å². The topological polar surface area (TPSA) is 86.5 Å². The zero-order valence-electron chi connectivity index (χ0n) is 17.5. The first-order valence-electron chi connectivity index (χ1n) is 9.79. The van der Waals surface area contributed by atoms with Gasteiger partial charge in [0.15, 0.2) is 6.61 Å². The Labute approximate surface area is 183 Å². The average molecular weight is 433 g/mol. The minimum Gasteiger partial charge on any atom is -0.497 e. The Bertz CT molecular complexity index is 1220. The third kappa shape index (κ3) is 4.92. The number of halogens is 1. The Hall–Kier alpha value is -4.20. The number of benzene rings is 3. The molecule has 1 N–H and O–H groups in total. The Morgan fingerprint density at radius 3 is 2.38 bits per heavy atom. The molecule has 0 aliphatic heterocycles. The number of amides is 1. The number of hydrogen-bond acceptors (Lipinski definition) is 6. The molecule has 8 heteroatoms. The van der Waals surface area contributed by atoms with E-state index in [0.717, 1.165) is 11.3 Å². The molecule has 4 rings (SSSR count). The maximum Gasteiger partial charge on any atom is 0.262 e. The monoisotopic (exact) mass is 433 g/mol. The van der Waals surface area contributed by atoms with Crippen LogP contribution in [0.1, 0.15) is 5.56 Å². The van der Waals surface area contributed by atoms with E-state index in [2.05, 4.69) is 15.5 Å². The maximum atomic E-state index is 13.6. The van der Waals surface area contributed by atoms with Crippen molar-refractivity contribution in [1.82, 2.24) is 10.1 Å². The first-order chi connectivity index (χ1) is 15.5. The number of aryl methyl sites for hydroxylation is 1. The Morgan fingerprint density at radius 1 is 1.00 bits per heavy atom. The summed E-state index contributed by atoms with van der Waals surface area (Å²) in [5.74, 6) is 1.30. The molecular weight excluding hydrogens is 413 g/mol. The highest BCUT2D eigenvalue weighted by Crippen LogP contribution is 2.25. The second-order valence-corrected chi connectivity index (χ2v) is 6.98. The largest absolute Gasteiger partial charge is 0.497 e. The van der Waals surface area contributed by atoms with E-state index in [4.69, 9.17) is 14.0 Å². The van der Waals surface area contributed by atoms with Crippen LogP contribution in [0, 0.1) is 12.7 Å². The minimum atomic E-state index is -0.390. The van der Waals surface area contributed by atoms with E-state index in [0.29, 0.717) is 34.3 Å². The van der Waals surface area contributed by atoms with Crippen molar-refractivity contribution in [3.05, 3.63) is 78.1 Å². The number of aromatic nitrogens is 2. The van der Waals surface area contributed by atoms with Crippen LogP contribution in [0.15, 0.2) is 71.3 Å². The third-order valence-corrected chi connectivity index (χ3v) is 4.70. The predicted molar refractivity (Wildman–Crippen MR) is 117 cm³/mol. The van der Waals surface area contributed by atoms with Crippen LogP contribution >= 0.6 is 0 Å². The highest BCUT2D eigenvalue weighted by atomic mass is 19.1. The van der Waals surface area contributed by atoms with Gasteiger partial charge in [0, 0.05) is 16.8 Å². The summed E-state index contributed by atoms with van der Waals surface area (Å²) in [6, 6.07) is 18.8. The number of ether oxygens (including phenoxy) is 2. The zero-order chi connectivity index (χ0) is 22.5. The van der Waals surface area contributed by atoms with Gasteiger partial charge in [-0.15, -0.1) is 0 Å². The van der Waals surface area contributed by atoms with E-state index in [-0.39, 0.29) is 12.4 Å². The molecule has 7 nitrogen and oxygen atoms in total. The first kappa shape index (κ1) is 21.0. The molecule has 0 atom stereocenters. The van der Waals surface area contributed by atoms with Crippen molar-refractivity contribution in [2.75, 3.05) is 19.0 Å². The predicted octanol–water partition coefficient (Wildman–Crippen LogP) is 4.88. The normalized spacial score (nSPS) is 10.6. The highest BCUT2D eigenvalue weighted by molar-refractivity contribution is 5.91. The fourth-order valence-corrected chi connectivity index (χ4v) is 2.91. The van der Waals surface area contributed by atoms with E-state index in [1.165, 1.54) is 6.07 Å². The molecule has 4 aromatic rings. The van der Waals surface area contributed by atoms with Crippen LogP contribution in [0.5, 0.6) is 11.5 Å². The number of anilines is 1. The molecule has 0 spiro atoms. The zero-order valence-corrected chi connectivity index (χ0v) is 17.5. The van der Waals surface area contributed by atoms with Crippen LogP contribution in [-0.4, -0.2) is 29.8 Å². The van der Waals surface area contributed by atoms with Crippen molar-refractivity contribution in [1.29, 1.82) is 0 Å². The highest BCUT2D eigenvalue weighted by Gasteiger charge is 2.11. The molecule has 0 bridgehead atoms. The Kier molecular flexibility index (Phi) is 6.12. The maximum absolute atomic E-state index is 13.6. The molecule has 0 fully saturated rings. The summed E-state index contributed by atoms with van der Waals surface area (Å²) in [5, 5.41) is 6.61. The van der Waals surface area contributed by atoms with Gasteiger partial charge in [-0.3, -0.25) is 4.79 Å². The van der Waals surface area contributed by atoms with Gasteiger partial charge in [0.05, 0.1) is 7.11 Å². The van der Waals surface area contributed by atoms with Gasteiger partial charge < -0.3 is 19.3 Å². The summed E-state index contributed by atoms with van der Waals surface area (Å²) in [4.78, 5) is 16.5. The van der Waals surface area contributed by atoms with Gasteiger partial charge in [0.25, 0.3) is 11.8 Å². The molecule has 0 aliphatic rings. The number of nitrogens with one attached hydrogen (secondary N) is 1. The van der Waals surface area contributed by atoms with Crippen LogP contribution in [0.3, 0.4) is 0 Å². The fourth-order valence-electron chi connectivity index (χ4n) is 2.91. The Balaban J connectivity index is 1.35. The number of rotatable bonds is 7. The first-order valence-corrected chi connectivity index (χ1v) is 9.79. The van der Waals surface area contributed by atoms with E-state index in [9.17, 15) is 9.18 Å². The molecule has 0 unspecified atom stereocenters. The van der Waals surface area contributed by atoms with Gasteiger partial charge >= 0.3 is 0 Å². The third-order valence-electron chi connectivity index (χ3n) is 4.70. The smallest absolute Gasteiger partial charge is 0.262 e. The van der Waals surface area contributed by atoms with Gasteiger partial charge in [0.2, 0.25) is 5.82 Å². The van der Waals surface area contributed by atoms with Crippen LogP contribution in [0.2, 0.25) is 0 Å². The van der Waals surface area contributed by atoms with Crippen molar-refractivity contribution in [2.24, 2.45) is 0 Å². The lowest BCUT2D eigenvalue weighted by atomic mass is 10.2. The van der Waals surface area contributed by atoms with E-state index in [1.54, 1.807) is 50.4 Å². The average Bonchev–Trinajstić information content (AvgIpc) is 3.31. The van der Waals surface area contributed by atoms with Crippen molar-refractivity contribution in [2.45, 2.75) is 6.92 Å². The second kappa shape index (κ2) is 9.30. The van der Waals surface area contributed by atoms with Gasteiger partial charge in [-0.05, 0) is 73.2 Å². The van der Waals surface area contributed by atoms with Gasteiger partial charge in [-0.1, -0.05) is 11.2 Å². The molecule has 1 aromatic heterocycles. The molecule has 0 saturated heterocycles. The molecule has 0 aliphatic carbocycles. The van der Waals surface area contributed by atoms with E-state index in [1.807, 2.05) is 24.3 Å². The number of carbonyl (C=O) groups excluding carboxylic acids is 1. The fraction of sp³-hybridized carbons (Fsp3) is 0.125.